The number of nitrogens with zero attached hydrogens (tertiary/aromatic N) is 3. The van der Waals surface area contributed by atoms with Crippen molar-refractivity contribution in [2.75, 3.05) is 40.9 Å². The number of rotatable bonds is 16. The Balaban J connectivity index is 3.22. The maximum absolute atomic E-state index is 13.0. The Morgan fingerprint density at radius 2 is 0.969 bits per heavy atom. The Kier molecular flexibility index (Phi) is 11.9. The second kappa shape index (κ2) is 13.3. The molecule has 1 aromatic rings. The van der Waals surface area contributed by atoms with Crippen molar-refractivity contribution in [1.82, 2.24) is 13.7 Å². The van der Waals surface area contributed by atoms with Gasteiger partial charge in [0.1, 0.15) is 0 Å². The minimum atomic E-state index is -2.80. The first-order valence-electron chi connectivity index (χ1n) is 10.6. The Morgan fingerprint density at radius 1 is 0.656 bits per heavy atom. The Hall–Kier alpha value is -1.40. The van der Waals surface area contributed by atoms with E-state index in [-0.39, 0.29) is 32.1 Å². The van der Waals surface area contributed by atoms with Crippen LogP contribution < -0.4 is 17.1 Å². The molecule has 0 fully saturated rings. The van der Waals surface area contributed by atoms with E-state index in [0.717, 1.165) is 13.7 Å². The minimum Gasteiger partial charge on any atom is -0.396 e. The third kappa shape index (κ3) is 6.57. The highest BCUT2D eigenvalue weighted by Gasteiger charge is 2.35. The molecule has 2 N–H and O–H groups in total. The Bertz CT molecular complexity index is 795. The van der Waals surface area contributed by atoms with Crippen LogP contribution in [0.2, 0.25) is 12.1 Å². The first-order chi connectivity index (χ1) is 15.2. The lowest BCUT2D eigenvalue weighted by atomic mass is 10.4. The van der Waals surface area contributed by atoms with Crippen LogP contribution in [0, 0.1) is 0 Å². The van der Waals surface area contributed by atoms with E-state index in [1.807, 2.05) is 6.92 Å². The predicted octanol–water partition coefficient (Wildman–Crippen LogP) is -1.11. The molecule has 0 unspecified atom stereocenters. The molecule has 0 saturated carbocycles. The normalized spacial score (nSPS) is 12.5. The first kappa shape index (κ1) is 28.6. The van der Waals surface area contributed by atoms with Gasteiger partial charge in [-0.15, -0.1) is 0 Å². The minimum absolute atomic E-state index is 0.0641. The van der Waals surface area contributed by atoms with Crippen molar-refractivity contribution in [3.63, 3.8) is 0 Å². The van der Waals surface area contributed by atoms with Crippen molar-refractivity contribution >= 4 is 17.1 Å². The van der Waals surface area contributed by atoms with Crippen LogP contribution in [0.1, 0.15) is 26.2 Å². The van der Waals surface area contributed by atoms with Gasteiger partial charge in [-0.05, 0) is 31.4 Å². The SMILES string of the molecule is CCCn1c(=O)n(CCC[Si](CO)(OC)OC)c(=O)n(CCC[Si](CO)(OC)OC)c1=O. The maximum Gasteiger partial charge on any atom is 0.364 e. The van der Waals surface area contributed by atoms with E-state index in [0.29, 0.717) is 31.4 Å². The zero-order chi connectivity index (χ0) is 24.4. The monoisotopic (exact) mass is 495 g/mol. The Morgan fingerprint density at radius 3 is 1.22 bits per heavy atom. The summed E-state index contributed by atoms with van der Waals surface area (Å²) >= 11 is 0. The molecule has 0 atom stereocenters. The van der Waals surface area contributed by atoms with Gasteiger partial charge in [-0.2, -0.15) is 0 Å². The molecule has 1 rings (SSSR count). The van der Waals surface area contributed by atoms with Crippen molar-refractivity contribution in [3.05, 3.63) is 31.5 Å². The largest absolute Gasteiger partial charge is 0.396 e. The molecule has 0 amide bonds. The first-order valence-corrected chi connectivity index (χ1v) is 15.1. The average molecular weight is 496 g/mol. The van der Waals surface area contributed by atoms with Crippen molar-refractivity contribution < 1.29 is 27.9 Å². The van der Waals surface area contributed by atoms with Crippen LogP contribution in [0.5, 0.6) is 0 Å². The van der Waals surface area contributed by atoms with E-state index in [9.17, 15) is 24.6 Å². The third-order valence-electron chi connectivity index (χ3n) is 5.68. The fourth-order valence-corrected chi connectivity index (χ4v) is 6.86. The molecule has 32 heavy (non-hydrogen) atoms. The molecule has 0 radical (unpaired) electrons. The molecule has 0 spiro atoms. The van der Waals surface area contributed by atoms with Gasteiger partial charge in [0.2, 0.25) is 0 Å². The van der Waals surface area contributed by atoms with Gasteiger partial charge in [-0.25, -0.2) is 28.1 Å². The number of aromatic nitrogens is 3. The molecule has 0 saturated heterocycles. The van der Waals surface area contributed by atoms with Crippen molar-refractivity contribution in [3.8, 4) is 0 Å². The van der Waals surface area contributed by atoms with E-state index in [4.69, 9.17) is 17.7 Å². The summed E-state index contributed by atoms with van der Waals surface area (Å²) in [6, 6.07) is 0.753. The molecule has 186 valence electrons. The second-order valence-electron chi connectivity index (χ2n) is 7.46. The lowest BCUT2D eigenvalue weighted by Gasteiger charge is -2.25. The average Bonchev–Trinajstić information content (AvgIpc) is 2.82. The van der Waals surface area contributed by atoms with Gasteiger partial charge >= 0.3 is 34.2 Å². The van der Waals surface area contributed by atoms with E-state index in [1.165, 1.54) is 28.4 Å². The molecule has 0 bridgehead atoms. The molecule has 0 aliphatic rings. The van der Waals surface area contributed by atoms with E-state index >= 15 is 0 Å². The van der Waals surface area contributed by atoms with Gasteiger partial charge in [0.15, 0.2) is 0 Å². The summed E-state index contributed by atoms with van der Waals surface area (Å²) in [4.78, 5) is 38.7. The second-order valence-corrected chi connectivity index (χ2v) is 14.4. The lowest BCUT2D eigenvalue weighted by Crippen LogP contribution is -2.55. The van der Waals surface area contributed by atoms with Crippen molar-refractivity contribution in [2.45, 2.75) is 57.9 Å². The summed E-state index contributed by atoms with van der Waals surface area (Å²) in [6.07, 6.45) is 0.784. The van der Waals surface area contributed by atoms with Gasteiger partial charge < -0.3 is 27.9 Å². The zero-order valence-corrected chi connectivity index (χ0v) is 21.7. The summed E-state index contributed by atoms with van der Waals surface area (Å²) in [5, 5.41) is 19.2. The number of aliphatic hydroxyl groups excluding tert-OH is 2. The summed E-state index contributed by atoms with van der Waals surface area (Å²) in [5.41, 5.74) is -2.00. The van der Waals surface area contributed by atoms with Crippen LogP contribution in [-0.4, -0.2) is 81.9 Å². The maximum atomic E-state index is 13.0. The summed E-state index contributed by atoms with van der Waals surface area (Å²) in [5.74, 6) is 0. The van der Waals surface area contributed by atoms with Gasteiger partial charge in [0, 0.05) is 48.1 Å². The van der Waals surface area contributed by atoms with E-state index < -0.39 is 34.2 Å². The van der Waals surface area contributed by atoms with Crippen molar-refractivity contribution in [2.24, 2.45) is 0 Å². The number of hydrogen-bond donors (Lipinski definition) is 2. The highest BCUT2D eigenvalue weighted by Crippen LogP contribution is 2.14. The van der Waals surface area contributed by atoms with Crippen LogP contribution >= 0.6 is 0 Å². The number of aliphatic hydroxyl groups is 2. The van der Waals surface area contributed by atoms with Gasteiger partial charge in [-0.3, -0.25) is 0 Å². The van der Waals surface area contributed by atoms with Gasteiger partial charge in [0.05, 0.1) is 12.5 Å². The lowest BCUT2D eigenvalue weighted by molar-refractivity contribution is 0.195. The molecule has 14 heteroatoms. The molecule has 12 nitrogen and oxygen atoms in total. The highest BCUT2D eigenvalue weighted by molar-refractivity contribution is 6.67. The summed E-state index contributed by atoms with van der Waals surface area (Å²) in [6.45, 7) is 2.15. The smallest absolute Gasteiger partial charge is 0.364 e. The molecule has 1 heterocycles. The van der Waals surface area contributed by atoms with Crippen LogP contribution in [0.3, 0.4) is 0 Å². The molecule has 0 aliphatic carbocycles. The highest BCUT2D eigenvalue weighted by atomic mass is 28.4. The molecule has 0 aromatic carbocycles. The van der Waals surface area contributed by atoms with Crippen LogP contribution in [0.15, 0.2) is 14.4 Å². The van der Waals surface area contributed by atoms with Crippen LogP contribution in [-0.2, 0) is 37.3 Å². The molecular formula is C18H37N3O9Si2. The zero-order valence-electron chi connectivity index (χ0n) is 19.7. The van der Waals surface area contributed by atoms with Gasteiger partial charge in [0.25, 0.3) is 0 Å². The number of hydrogen-bond acceptors (Lipinski definition) is 9. The van der Waals surface area contributed by atoms with Crippen LogP contribution in [0.25, 0.3) is 0 Å². The fraction of sp³-hybridized carbons (Fsp3) is 0.833. The molecular weight excluding hydrogens is 458 g/mol. The Labute approximate surface area is 189 Å². The third-order valence-corrected chi connectivity index (χ3v) is 11.9. The fourth-order valence-electron chi connectivity index (χ4n) is 3.48. The quantitative estimate of drug-likeness (QED) is 0.273. The van der Waals surface area contributed by atoms with Crippen LogP contribution in [0.4, 0.5) is 0 Å². The van der Waals surface area contributed by atoms with E-state index in [1.54, 1.807) is 0 Å². The molecule has 0 aliphatic heterocycles. The topological polar surface area (TPSA) is 143 Å². The predicted molar refractivity (Wildman–Crippen MR) is 122 cm³/mol. The standard InChI is InChI=1S/C18H37N3O9Si2/c1-6-9-19-16(24)20(10-7-12-31(14-22,27-2)28-3)18(26)21(17(19)25)11-8-13-32(15-23,29-4)30-5/h22-23H,6-15H2,1-5H3. The van der Waals surface area contributed by atoms with E-state index in [2.05, 4.69) is 0 Å². The summed E-state index contributed by atoms with van der Waals surface area (Å²) < 4.78 is 24.6. The van der Waals surface area contributed by atoms with Gasteiger partial charge in [-0.1, -0.05) is 6.92 Å². The van der Waals surface area contributed by atoms with Crippen molar-refractivity contribution in [1.29, 1.82) is 0 Å². The summed E-state index contributed by atoms with van der Waals surface area (Å²) in [7, 11) is 0.246. The molecule has 1 aromatic heterocycles.